The summed E-state index contributed by atoms with van der Waals surface area (Å²) in [6.07, 6.45) is 6.68. The predicted molar refractivity (Wildman–Crippen MR) is 220 cm³/mol. The van der Waals surface area contributed by atoms with Crippen LogP contribution in [0.5, 0.6) is 11.5 Å². The van der Waals surface area contributed by atoms with Gasteiger partial charge >= 0.3 is 11.9 Å². The SMILES string of the molecule is O=C(CNC(=O)c1cc(Cl)c(OCc2cccc(NC3CCC3)c2Cl)c(Cl)c1)OC(=O)Cc1cc(Br)c(OCc2cccc(NC3CCC3)c2Cl)c(Br)c1. The maximum Gasteiger partial charge on any atom is 0.333 e. The van der Waals surface area contributed by atoms with Gasteiger partial charge < -0.3 is 30.2 Å². The van der Waals surface area contributed by atoms with Crippen molar-refractivity contribution in [3.63, 3.8) is 0 Å². The van der Waals surface area contributed by atoms with Crippen LogP contribution in [0.3, 0.4) is 0 Å². The Morgan fingerprint density at radius 2 is 1.19 bits per heavy atom. The number of rotatable bonds is 15. The van der Waals surface area contributed by atoms with Gasteiger partial charge in [0, 0.05) is 28.8 Å². The standard InChI is InChI=1S/C39H35Br2Cl4N3O6/c40-27-13-21(14-28(41)37(27)52-19-22-5-1-11-31(35(22)44)47-25-7-3-8-25)15-33(49)54-34(50)18-46-39(51)24-16-29(42)38(30(43)17-24)53-20-23-6-2-12-32(36(23)45)48-26-9-4-10-26/h1-2,5-6,11-14,16-17,25-26,47-48H,3-4,7-10,15,18-20H2,(H,46,51). The van der Waals surface area contributed by atoms with E-state index in [1.165, 1.54) is 25.0 Å². The molecule has 0 heterocycles. The van der Waals surface area contributed by atoms with Gasteiger partial charge in [0.25, 0.3) is 5.91 Å². The molecule has 1 amide bonds. The molecule has 4 aromatic carbocycles. The highest BCUT2D eigenvalue weighted by Gasteiger charge is 2.22. The van der Waals surface area contributed by atoms with E-state index in [4.69, 9.17) is 60.6 Å². The zero-order chi connectivity index (χ0) is 38.4. The second kappa shape index (κ2) is 18.6. The molecular weight excluding hydrogens is 908 g/mol. The lowest BCUT2D eigenvalue weighted by Crippen LogP contribution is -2.32. The van der Waals surface area contributed by atoms with E-state index in [1.807, 2.05) is 36.4 Å². The van der Waals surface area contributed by atoms with Gasteiger partial charge in [-0.15, -0.1) is 0 Å². The van der Waals surface area contributed by atoms with Crippen molar-refractivity contribution >= 4 is 107 Å². The molecule has 0 aromatic heterocycles. The number of halogens is 6. The molecule has 284 valence electrons. The van der Waals surface area contributed by atoms with Gasteiger partial charge in [0.15, 0.2) is 5.75 Å². The quantitative estimate of drug-likeness (QED) is 0.0797. The number of esters is 2. The van der Waals surface area contributed by atoms with Crippen molar-refractivity contribution < 1.29 is 28.6 Å². The minimum Gasteiger partial charge on any atom is -0.486 e. The molecule has 9 nitrogen and oxygen atoms in total. The Morgan fingerprint density at radius 3 is 1.67 bits per heavy atom. The van der Waals surface area contributed by atoms with Crippen molar-refractivity contribution in [1.29, 1.82) is 0 Å². The second-order valence-corrected chi connectivity index (χ2v) is 16.3. The smallest absolute Gasteiger partial charge is 0.333 e. The van der Waals surface area contributed by atoms with Crippen LogP contribution in [0.15, 0.2) is 69.6 Å². The lowest BCUT2D eigenvalue weighted by Gasteiger charge is -2.28. The van der Waals surface area contributed by atoms with Gasteiger partial charge in [-0.2, -0.15) is 0 Å². The summed E-state index contributed by atoms with van der Waals surface area (Å²) in [4.78, 5) is 37.9. The molecule has 4 aromatic rings. The third-order valence-electron chi connectivity index (χ3n) is 9.12. The average Bonchev–Trinajstić information content (AvgIpc) is 3.08. The molecule has 6 rings (SSSR count). The first-order valence-corrected chi connectivity index (χ1v) is 20.4. The Labute approximate surface area is 349 Å². The zero-order valence-electron chi connectivity index (χ0n) is 28.7. The first-order chi connectivity index (χ1) is 25.9. The Bertz CT molecular complexity index is 2020. The topological polar surface area (TPSA) is 115 Å². The van der Waals surface area contributed by atoms with E-state index in [2.05, 4.69) is 47.8 Å². The van der Waals surface area contributed by atoms with Gasteiger partial charge in [0.1, 0.15) is 25.5 Å². The maximum absolute atomic E-state index is 12.8. The minimum atomic E-state index is -0.944. The number of hydrogen-bond acceptors (Lipinski definition) is 8. The van der Waals surface area contributed by atoms with Crippen molar-refractivity contribution in [2.45, 2.75) is 70.2 Å². The fraction of sp³-hybridized carbons (Fsp3) is 0.308. The molecule has 0 atom stereocenters. The van der Waals surface area contributed by atoms with Crippen LogP contribution in [0.1, 0.15) is 65.6 Å². The van der Waals surface area contributed by atoms with E-state index < -0.39 is 24.4 Å². The highest BCUT2D eigenvalue weighted by Crippen LogP contribution is 2.38. The molecule has 0 saturated heterocycles. The summed E-state index contributed by atoms with van der Waals surface area (Å²) in [6.45, 7) is -0.253. The van der Waals surface area contributed by atoms with Crippen LogP contribution in [-0.4, -0.2) is 36.5 Å². The molecule has 3 N–H and O–H groups in total. The second-order valence-electron chi connectivity index (χ2n) is 13.0. The number of carbonyl (C=O) groups is 3. The van der Waals surface area contributed by atoms with Crippen molar-refractivity contribution in [3.05, 3.63) is 112 Å². The summed E-state index contributed by atoms with van der Waals surface area (Å²) in [6, 6.07) is 18.4. The number of anilines is 2. The summed E-state index contributed by atoms with van der Waals surface area (Å²) in [5, 5.41) is 10.7. The Kier molecular flexibility index (Phi) is 14.0. The number of benzene rings is 4. The first kappa shape index (κ1) is 40.5. The summed E-state index contributed by atoms with van der Waals surface area (Å²) in [5.74, 6) is -1.71. The zero-order valence-corrected chi connectivity index (χ0v) is 34.9. The number of carbonyl (C=O) groups excluding carboxylic acids is 3. The molecule has 2 fully saturated rings. The molecule has 54 heavy (non-hydrogen) atoms. The lowest BCUT2D eigenvalue weighted by molar-refractivity contribution is -0.158. The van der Waals surface area contributed by atoms with E-state index in [-0.39, 0.29) is 41.0 Å². The van der Waals surface area contributed by atoms with E-state index in [0.29, 0.717) is 42.4 Å². The molecule has 15 heteroatoms. The number of hydrogen-bond donors (Lipinski definition) is 3. The van der Waals surface area contributed by atoms with E-state index in [1.54, 1.807) is 12.1 Å². The molecule has 0 bridgehead atoms. The van der Waals surface area contributed by atoms with Crippen LogP contribution >= 0.6 is 78.3 Å². The Hall–Kier alpha value is -3.19. The van der Waals surface area contributed by atoms with Crippen molar-refractivity contribution in [2.75, 3.05) is 17.2 Å². The lowest BCUT2D eigenvalue weighted by atomic mass is 9.93. The maximum atomic E-state index is 12.8. The minimum absolute atomic E-state index is 0.0820. The molecule has 0 unspecified atom stereocenters. The third-order valence-corrected chi connectivity index (χ3v) is 11.8. The monoisotopic (exact) mass is 939 g/mol. The normalized spacial score (nSPS) is 14.0. The van der Waals surface area contributed by atoms with Crippen molar-refractivity contribution in [2.24, 2.45) is 0 Å². The van der Waals surface area contributed by atoms with E-state index in [0.717, 1.165) is 48.2 Å². The molecular formula is C39H35Br2Cl4N3O6. The van der Waals surface area contributed by atoms with Gasteiger partial charge in [-0.3, -0.25) is 9.59 Å². The fourth-order valence-electron chi connectivity index (χ4n) is 5.75. The van der Waals surface area contributed by atoms with Gasteiger partial charge in [-0.05, 0) is 112 Å². The first-order valence-electron chi connectivity index (χ1n) is 17.3. The number of nitrogens with one attached hydrogen (secondary N) is 3. The van der Waals surface area contributed by atoms with Crippen LogP contribution in [-0.2, 0) is 34.0 Å². The fourth-order valence-corrected chi connectivity index (χ4v) is 8.33. The summed E-state index contributed by atoms with van der Waals surface area (Å²) < 4.78 is 18.1. The van der Waals surface area contributed by atoms with Gasteiger partial charge in [0.2, 0.25) is 0 Å². The van der Waals surface area contributed by atoms with Crippen LogP contribution in [0, 0.1) is 0 Å². The van der Waals surface area contributed by atoms with Crippen molar-refractivity contribution in [3.8, 4) is 11.5 Å². The average molecular weight is 943 g/mol. The highest BCUT2D eigenvalue weighted by molar-refractivity contribution is 9.11. The Balaban J connectivity index is 0.968. The van der Waals surface area contributed by atoms with E-state index in [9.17, 15) is 14.4 Å². The number of ether oxygens (including phenoxy) is 3. The van der Waals surface area contributed by atoms with Crippen LogP contribution in [0.25, 0.3) is 0 Å². The molecule has 2 saturated carbocycles. The summed E-state index contributed by atoms with van der Waals surface area (Å²) >= 11 is 33.2. The summed E-state index contributed by atoms with van der Waals surface area (Å²) in [5.41, 5.74) is 3.92. The van der Waals surface area contributed by atoms with Gasteiger partial charge in [-0.25, -0.2) is 4.79 Å². The van der Waals surface area contributed by atoms with Crippen LogP contribution in [0.4, 0.5) is 11.4 Å². The highest BCUT2D eigenvalue weighted by atomic mass is 79.9. The molecule has 0 aliphatic heterocycles. The van der Waals surface area contributed by atoms with Crippen molar-refractivity contribution in [1.82, 2.24) is 5.32 Å². The number of amides is 1. The van der Waals surface area contributed by atoms with Crippen LogP contribution < -0.4 is 25.4 Å². The molecule has 2 aliphatic rings. The molecule has 0 radical (unpaired) electrons. The Morgan fingerprint density at radius 1 is 0.685 bits per heavy atom. The van der Waals surface area contributed by atoms with Gasteiger partial charge in [0.05, 0.1) is 46.8 Å². The summed E-state index contributed by atoms with van der Waals surface area (Å²) in [7, 11) is 0. The largest absolute Gasteiger partial charge is 0.486 e. The third kappa shape index (κ3) is 10.4. The van der Waals surface area contributed by atoms with Crippen LogP contribution in [0.2, 0.25) is 20.1 Å². The molecule has 2 aliphatic carbocycles. The predicted octanol–water partition coefficient (Wildman–Crippen LogP) is 11.0. The van der Waals surface area contributed by atoms with Gasteiger partial charge in [-0.1, -0.05) is 70.7 Å². The molecule has 0 spiro atoms. The van der Waals surface area contributed by atoms with E-state index >= 15 is 0 Å².